The molecule has 15 heavy (non-hydrogen) atoms. The molecule has 1 N–H and O–H groups in total. The Kier molecular flexibility index (Phi) is 2.04. The van der Waals surface area contributed by atoms with E-state index in [1.165, 1.54) is 12.8 Å². The number of carbonyl (C=O) groups excluding carboxylic acids is 1. The molecule has 1 unspecified atom stereocenters. The van der Waals surface area contributed by atoms with Gasteiger partial charge in [-0.2, -0.15) is 0 Å². The van der Waals surface area contributed by atoms with Gasteiger partial charge in [0.25, 0.3) is 0 Å². The first kappa shape index (κ1) is 9.60. The van der Waals surface area contributed by atoms with Gasteiger partial charge in [0.05, 0.1) is 6.17 Å². The Morgan fingerprint density at radius 3 is 2.67 bits per heavy atom. The Balaban J connectivity index is 1.81. The van der Waals surface area contributed by atoms with E-state index in [4.69, 9.17) is 4.74 Å². The number of nitrogens with zero attached hydrogens (tertiary/aromatic N) is 1. The van der Waals surface area contributed by atoms with Crippen molar-refractivity contribution in [2.24, 2.45) is 5.92 Å². The van der Waals surface area contributed by atoms with E-state index in [2.05, 4.69) is 5.32 Å². The number of nitrogens with one attached hydrogen (secondary N) is 1. The molecule has 2 saturated heterocycles. The third-order valence-electron chi connectivity index (χ3n) is 3.99. The number of carbonyl (C=O) groups is 1. The Labute approximate surface area is 90.0 Å². The summed E-state index contributed by atoms with van der Waals surface area (Å²) in [6.45, 7) is 1.42. The van der Waals surface area contributed by atoms with E-state index in [1.54, 1.807) is 0 Å². The molecular formula is C11H18N2O2. The van der Waals surface area contributed by atoms with Crippen LogP contribution in [0.25, 0.3) is 0 Å². The normalized spacial score (nSPS) is 35.1. The van der Waals surface area contributed by atoms with Crippen molar-refractivity contribution < 1.29 is 9.53 Å². The number of hydrogen-bond acceptors (Lipinski definition) is 3. The highest BCUT2D eigenvalue weighted by atomic mass is 16.5. The van der Waals surface area contributed by atoms with Crippen LogP contribution in [0.5, 0.6) is 0 Å². The van der Waals surface area contributed by atoms with Crippen LogP contribution in [-0.4, -0.2) is 42.8 Å². The highest BCUT2D eigenvalue weighted by Gasteiger charge is 2.53. The van der Waals surface area contributed by atoms with E-state index in [0.29, 0.717) is 19.1 Å². The molecule has 1 saturated carbocycles. The summed E-state index contributed by atoms with van der Waals surface area (Å²) in [4.78, 5) is 14.2. The average molecular weight is 210 g/mol. The number of hydrogen-bond donors (Lipinski definition) is 1. The predicted octanol–water partition coefficient (Wildman–Crippen LogP) is 0.333. The monoisotopic (exact) mass is 210 g/mol. The van der Waals surface area contributed by atoms with Crippen LogP contribution in [0.15, 0.2) is 0 Å². The maximum atomic E-state index is 12.2. The van der Waals surface area contributed by atoms with E-state index < -0.39 is 0 Å². The lowest BCUT2D eigenvalue weighted by Crippen LogP contribution is -2.51. The maximum Gasteiger partial charge on any atom is 0.244 e. The average Bonchev–Trinajstić information content (AvgIpc) is 3.06. The van der Waals surface area contributed by atoms with Gasteiger partial charge in [-0.05, 0) is 31.6 Å². The van der Waals surface area contributed by atoms with Crippen LogP contribution in [0.1, 0.15) is 25.7 Å². The summed E-state index contributed by atoms with van der Waals surface area (Å²) in [7, 11) is 1.93. The summed E-state index contributed by atoms with van der Waals surface area (Å²) in [6, 6.07) is 0. The summed E-state index contributed by atoms with van der Waals surface area (Å²) in [5, 5.41) is 3.56. The van der Waals surface area contributed by atoms with E-state index in [0.717, 1.165) is 12.8 Å². The van der Waals surface area contributed by atoms with Crippen LogP contribution in [0.2, 0.25) is 0 Å². The first-order valence-electron chi connectivity index (χ1n) is 5.86. The van der Waals surface area contributed by atoms with Crippen LogP contribution < -0.4 is 5.32 Å². The summed E-state index contributed by atoms with van der Waals surface area (Å²) in [5.41, 5.74) is -0.291. The first-order chi connectivity index (χ1) is 7.23. The minimum Gasteiger partial charge on any atom is -0.381 e. The zero-order valence-corrected chi connectivity index (χ0v) is 9.16. The zero-order chi connectivity index (χ0) is 10.5. The van der Waals surface area contributed by atoms with Crippen molar-refractivity contribution in [3.8, 4) is 0 Å². The molecule has 1 atom stereocenters. The van der Waals surface area contributed by atoms with E-state index >= 15 is 0 Å². The lowest BCUT2D eigenvalue weighted by atomic mass is 9.90. The van der Waals surface area contributed by atoms with Gasteiger partial charge in [0, 0.05) is 20.3 Å². The molecule has 2 heterocycles. The Morgan fingerprint density at radius 1 is 1.40 bits per heavy atom. The van der Waals surface area contributed by atoms with Crippen LogP contribution in [0, 0.1) is 5.92 Å². The van der Waals surface area contributed by atoms with Gasteiger partial charge in [0.15, 0.2) is 0 Å². The molecule has 4 nitrogen and oxygen atoms in total. The summed E-state index contributed by atoms with van der Waals surface area (Å²) < 4.78 is 5.34. The van der Waals surface area contributed by atoms with Crippen LogP contribution in [0.3, 0.4) is 0 Å². The topological polar surface area (TPSA) is 41.6 Å². The largest absolute Gasteiger partial charge is 0.381 e. The molecule has 3 aliphatic rings. The molecule has 0 radical (unpaired) electrons. The first-order valence-corrected chi connectivity index (χ1v) is 5.86. The second-order valence-corrected chi connectivity index (χ2v) is 5.04. The molecule has 0 aromatic rings. The van der Waals surface area contributed by atoms with Crippen molar-refractivity contribution in [2.45, 2.75) is 37.4 Å². The van der Waals surface area contributed by atoms with E-state index in [-0.39, 0.29) is 17.6 Å². The SMILES string of the molecule is CN1C(=O)C2(CCOCC2)NC1C1CC1. The summed E-state index contributed by atoms with van der Waals surface area (Å²) >= 11 is 0. The van der Waals surface area contributed by atoms with E-state index in [1.807, 2.05) is 11.9 Å². The molecule has 0 aromatic heterocycles. The van der Waals surface area contributed by atoms with E-state index in [9.17, 15) is 4.79 Å². The molecule has 1 spiro atoms. The van der Waals surface area contributed by atoms with Crippen molar-refractivity contribution in [1.82, 2.24) is 10.2 Å². The number of ether oxygens (including phenoxy) is 1. The van der Waals surface area contributed by atoms with Crippen molar-refractivity contribution in [2.75, 3.05) is 20.3 Å². The fourth-order valence-corrected chi connectivity index (χ4v) is 2.83. The van der Waals surface area contributed by atoms with Gasteiger partial charge in [-0.3, -0.25) is 10.1 Å². The molecule has 0 bridgehead atoms. The maximum absolute atomic E-state index is 12.2. The highest BCUT2D eigenvalue weighted by molar-refractivity contribution is 5.88. The van der Waals surface area contributed by atoms with Crippen LogP contribution in [0.4, 0.5) is 0 Å². The number of rotatable bonds is 1. The van der Waals surface area contributed by atoms with Gasteiger partial charge in [-0.1, -0.05) is 0 Å². The standard InChI is InChI=1S/C11H18N2O2/c1-13-9(8-2-3-8)12-11(10(13)14)4-6-15-7-5-11/h8-9,12H,2-7H2,1H3. The lowest BCUT2D eigenvalue weighted by Gasteiger charge is -2.31. The molecule has 1 aliphatic carbocycles. The molecular weight excluding hydrogens is 192 g/mol. The third-order valence-corrected chi connectivity index (χ3v) is 3.99. The number of likely N-dealkylation sites (N-methyl/N-ethyl adjacent to an activating group) is 1. The van der Waals surface area contributed by atoms with Gasteiger partial charge in [0.2, 0.25) is 5.91 Å². The van der Waals surface area contributed by atoms with Gasteiger partial charge < -0.3 is 9.64 Å². The zero-order valence-electron chi connectivity index (χ0n) is 9.16. The fraction of sp³-hybridized carbons (Fsp3) is 0.909. The molecule has 4 heteroatoms. The smallest absolute Gasteiger partial charge is 0.244 e. The molecule has 84 valence electrons. The summed E-state index contributed by atoms with van der Waals surface area (Å²) in [6.07, 6.45) is 4.48. The van der Waals surface area contributed by atoms with Gasteiger partial charge in [-0.25, -0.2) is 0 Å². The minimum absolute atomic E-state index is 0.280. The number of amides is 1. The van der Waals surface area contributed by atoms with Gasteiger partial charge in [-0.15, -0.1) is 0 Å². The van der Waals surface area contributed by atoms with Gasteiger partial charge in [0.1, 0.15) is 5.54 Å². The van der Waals surface area contributed by atoms with Crippen molar-refractivity contribution in [1.29, 1.82) is 0 Å². The van der Waals surface area contributed by atoms with Crippen molar-refractivity contribution in [3.63, 3.8) is 0 Å². The Morgan fingerprint density at radius 2 is 2.07 bits per heavy atom. The van der Waals surface area contributed by atoms with Crippen molar-refractivity contribution in [3.05, 3.63) is 0 Å². The molecule has 3 rings (SSSR count). The van der Waals surface area contributed by atoms with Crippen LogP contribution in [-0.2, 0) is 9.53 Å². The lowest BCUT2D eigenvalue weighted by molar-refractivity contribution is -0.135. The molecule has 3 fully saturated rings. The van der Waals surface area contributed by atoms with Crippen LogP contribution >= 0.6 is 0 Å². The Hall–Kier alpha value is -0.610. The fourth-order valence-electron chi connectivity index (χ4n) is 2.83. The molecule has 1 amide bonds. The van der Waals surface area contributed by atoms with Gasteiger partial charge >= 0.3 is 0 Å². The summed E-state index contributed by atoms with van der Waals surface area (Å²) in [5.74, 6) is 0.976. The minimum atomic E-state index is -0.291. The second-order valence-electron chi connectivity index (χ2n) is 5.04. The second kappa shape index (κ2) is 3.19. The van der Waals surface area contributed by atoms with Crippen molar-refractivity contribution >= 4 is 5.91 Å². The predicted molar refractivity (Wildman–Crippen MR) is 55.2 cm³/mol. The highest BCUT2D eigenvalue weighted by Crippen LogP contribution is 2.40. The third kappa shape index (κ3) is 1.39. The quantitative estimate of drug-likeness (QED) is 0.678. The Bertz CT molecular complexity index is 282. The molecule has 0 aromatic carbocycles. The molecule has 2 aliphatic heterocycles.